The van der Waals surface area contributed by atoms with E-state index in [0.29, 0.717) is 6.61 Å². The largest absolute Gasteiger partial charge is 0.396 e. The van der Waals surface area contributed by atoms with Crippen molar-refractivity contribution in [1.29, 1.82) is 0 Å². The minimum absolute atomic E-state index is 0.198. The molecule has 0 saturated heterocycles. The minimum Gasteiger partial charge on any atom is -0.396 e. The van der Waals surface area contributed by atoms with Gasteiger partial charge in [-0.15, -0.1) is 0 Å². The average Bonchev–Trinajstić information content (AvgIpc) is 2.51. The van der Waals surface area contributed by atoms with Crippen molar-refractivity contribution < 1.29 is 5.11 Å². The Kier molecular flexibility index (Phi) is 8.74. The first kappa shape index (κ1) is 17.9. The maximum absolute atomic E-state index is 9.84. The summed E-state index contributed by atoms with van der Waals surface area (Å²) >= 11 is 0. The van der Waals surface area contributed by atoms with E-state index in [9.17, 15) is 5.11 Å². The second-order valence-corrected chi connectivity index (χ2v) is 6.47. The molecule has 0 radical (unpaired) electrons. The number of hydrogen-bond donors (Lipinski definition) is 1. The van der Waals surface area contributed by atoms with Crippen molar-refractivity contribution in [2.45, 2.75) is 59.3 Å². The molecular formula is C17H36N2O. The van der Waals surface area contributed by atoms with Crippen molar-refractivity contribution in [3.8, 4) is 0 Å². The van der Waals surface area contributed by atoms with Gasteiger partial charge < -0.3 is 14.9 Å². The van der Waals surface area contributed by atoms with Crippen LogP contribution in [0.1, 0.15) is 59.3 Å². The number of rotatable bonds is 10. The molecule has 0 atom stereocenters. The lowest BCUT2D eigenvalue weighted by atomic mass is 9.74. The van der Waals surface area contributed by atoms with Gasteiger partial charge in [0.05, 0.1) is 0 Å². The van der Waals surface area contributed by atoms with Gasteiger partial charge in [-0.25, -0.2) is 0 Å². The fourth-order valence-electron chi connectivity index (χ4n) is 3.55. The SMILES string of the molecule is CCN(CC)CCCN(CC)CC1(CO)CCCCC1. The molecule has 1 fully saturated rings. The molecule has 0 bridgehead atoms. The molecule has 0 aromatic heterocycles. The topological polar surface area (TPSA) is 26.7 Å². The van der Waals surface area contributed by atoms with Gasteiger partial charge in [0.2, 0.25) is 0 Å². The van der Waals surface area contributed by atoms with Gasteiger partial charge in [0.25, 0.3) is 0 Å². The normalized spacial score (nSPS) is 18.9. The molecule has 0 spiro atoms. The third kappa shape index (κ3) is 5.71. The quantitative estimate of drug-likeness (QED) is 0.668. The van der Waals surface area contributed by atoms with Gasteiger partial charge in [-0.3, -0.25) is 0 Å². The average molecular weight is 284 g/mol. The van der Waals surface area contributed by atoms with Crippen LogP contribution in [-0.2, 0) is 0 Å². The van der Waals surface area contributed by atoms with Crippen LogP contribution in [0.5, 0.6) is 0 Å². The maximum atomic E-state index is 9.84. The lowest BCUT2D eigenvalue weighted by Gasteiger charge is -2.39. The number of nitrogens with zero attached hydrogens (tertiary/aromatic N) is 2. The van der Waals surface area contributed by atoms with Crippen molar-refractivity contribution in [2.75, 3.05) is 45.9 Å². The third-order valence-corrected chi connectivity index (χ3v) is 5.10. The second kappa shape index (κ2) is 9.75. The van der Waals surface area contributed by atoms with Crippen LogP contribution in [0.4, 0.5) is 0 Å². The summed E-state index contributed by atoms with van der Waals surface area (Å²) in [4.78, 5) is 5.06. The molecule has 1 rings (SSSR count). The first-order chi connectivity index (χ1) is 9.69. The number of hydrogen-bond acceptors (Lipinski definition) is 3. The molecule has 3 nitrogen and oxygen atoms in total. The summed E-state index contributed by atoms with van der Waals surface area (Å²) in [6.45, 7) is 14.0. The van der Waals surface area contributed by atoms with Crippen LogP contribution >= 0.6 is 0 Å². The molecule has 0 aliphatic heterocycles. The van der Waals surface area contributed by atoms with E-state index in [4.69, 9.17) is 0 Å². The molecule has 1 N–H and O–H groups in total. The summed E-state index contributed by atoms with van der Waals surface area (Å²) in [5.74, 6) is 0. The van der Waals surface area contributed by atoms with E-state index in [-0.39, 0.29) is 5.41 Å². The molecule has 120 valence electrons. The molecule has 0 unspecified atom stereocenters. The minimum atomic E-state index is 0.198. The molecule has 0 amide bonds. The fraction of sp³-hybridized carbons (Fsp3) is 1.00. The Morgan fingerprint density at radius 2 is 1.40 bits per heavy atom. The molecule has 0 aromatic carbocycles. The Hall–Kier alpha value is -0.120. The summed E-state index contributed by atoms with van der Waals surface area (Å²) in [5.41, 5.74) is 0.198. The highest BCUT2D eigenvalue weighted by atomic mass is 16.3. The van der Waals surface area contributed by atoms with Crippen molar-refractivity contribution in [3.63, 3.8) is 0 Å². The zero-order valence-corrected chi connectivity index (χ0v) is 14.0. The van der Waals surface area contributed by atoms with Crippen LogP contribution in [0.15, 0.2) is 0 Å². The summed E-state index contributed by atoms with van der Waals surface area (Å²) in [6, 6.07) is 0. The Morgan fingerprint density at radius 1 is 0.850 bits per heavy atom. The smallest absolute Gasteiger partial charge is 0.0499 e. The molecular weight excluding hydrogens is 248 g/mol. The van der Waals surface area contributed by atoms with Gasteiger partial charge >= 0.3 is 0 Å². The first-order valence-electron chi connectivity index (χ1n) is 8.75. The van der Waals surface area contributed by atoms with E-state index in [1.54, 1.807) is 0 Å². The summed E-state index contributed by atoms with van der Waals surface area (Å²) in [6.07, 6.45) is 7.65. The Balaban J connectivity index is 2.37. The fourth-order valence-corrected chi connectivity index (χ4v) is 3.55. The Morgan fingerprint density at radius 3 is 1.90 bits per heavy atom. The van der Waals surface area contributed by atoms with Gasteiger partial charge in [0, 0.05) is 18.6 Å². The van der Waals surface area contributed by atoms with Gasteiger partial charge in [0.1, 0.15) is 0 Å². The summed E-state index contributed by atoms with van der Waals surface area (Å²) in [7, 11) is 0. The highest BCUT2D eigenvalue weighted by molar-refractivity contribution is 4.85. The Labute approximate surface area is 126 Å². The Bertz CT molecular complexity index is 235. The number of aliphatic hydroxyl groups excluding tert-OH is 1. The van der Waals surface area contributed by atoms with Crippen molar-refractivity contribution in [3.05, 3.63) is 0 Å². The van der Waals surface area contributed by atoms with E-state index in [2.05, 4.69) is 30.6 Å². The molecule has 20 heavy (non-hydrogen) atoms. The summed E-state index contributed by atoms with van der Waals surface area (Å²) < 4.78 is 0. The zero-order valence-electron chi connectivity index (χ0n) is 14.0. The zero-order chi connectivity index (χ0) is 14.8. The van der Waals surface area contributed by atoms with E-state index in [1.165, 1.54) is 51.6 Å². The van der Waals surface area contributed by atoms with Crippen LogP contribution in [0, 0.1) is 5.41 Å². The highest BCUT2D eigenvalue weighted by Crippen LogP contribution is 2.36. The van der Waals surface area contributed by atoms with Gasteiger partial charge in [-0.2, -0.15) is 0 Å². The van der Waals surface area contributed by atoms with E-state index in [0.717, 1.165) is 26.2 Å². The van der Waals surface area contributed by atoms with Crippen LogP contribution < -0.4 is 0 Å². The lowest BCUT2D eigenvalue weighted by molar-refractivity contribution is 0.0408. The predicted octanol–water partition coefficient (Wildman–Crippen LogP) is 2.98. The van der Waals surface area contributed by atoms with Crippen LogP contribution in [0.2, 0.25) is 0 Å². The van der Waals surface area contributed by atoms with Crippen LogP contribution in [0.25, 0.3) is 0 Å². The highest BCUT2D eigenvalue weighted by Gasteiger charge is 2.32. The summed E-state index contributed by atoms with van der Waals surface area (Å²) in [5, 5.41) is 9.84. The third-order valence-electron chi connectivity index (χ3n) is 5.10. The number of aliphatic hydroxyl groups is 1. The molecule has 1 aliphatic rings. The predicted molar refractivity (Wildman–Crippen MR) is 87.1 cm³/mol. The monoisotopic (exact) mass is 284 g/mol. The van der Waals surface area contributed by atoms with Crippen molar-refractivity contribution >= 4 is 0 Å². The lowest BCUT2D eigenvalue weighted by Crippen LogP contribution is -2.42. The van der Waals surface area contributed by atoms with Gasteiger partial charge in [-0.1, -0.05) is 40.0 Å². The first-order valence-corrected chi connectivity index (χ1v) is 8.75. The van der Waals surface area contributed by atoms with Crippen molar-refractivity contribution in [1.82, 2.24) is 9.80 Å². The van der Waals surface area contributed by atoms with Crippen LogP contribution in [0.3, 0.4) is 0 Å². The molecule has 0 heterocycles. The van der Waals surface area contributed by atoms with Gasteiger partial charge in [0.15, 0.2) is 0 Å². The molecule has 0 aromatic rings. The van der Waals surface area contributed by atoms with Gasteiger partial charge in [-0.05, 0) is 52.0 Å². The maximum Gasteiger partial charge on any atom is 0.0499 e. The second-order valence-electron chi connectivity index (χ2n) is 6.47. The van der Waals surface area contributed by atoms with Crippen molar-refractivity contribution in [2.24, 2.45) is 5.41 Å². The molecule has 1 aliphatic carbocycles. The molecule has 3 heteroatoms. The van der Waals surface area contributed by atoms with E-state index < -0.39 is 0 Å². The van der Waals surface area contributed by atoms with Crippen LogP contribution in [-0.4, -0.2) is 60.8 Å². The standard InChI is InChI=1S/C17H36N2O/c1-4-18(5-2)13-10-14-19(6-3)15-17(16-20)11-8-7-9-12-17/h20H,4-16H2,1-3H3. The van der Waals surface area contributed by atoms with E-state index in [1.807, 2.05) is 0 Å². The van der Waals surface area contributed by atoms with E-state index >= 15 is 0 Å². The molecule has 1 saturated carbocycles.